The number of amides is 3. The largest absolute Gasteiger partial charge is 0.490 e. The third-order valence-electron chi connectivity index (χ3n) is 6.20. The van der Waals surface area contributed by atoms with Crippen LogP contribution in [0, 0.1) is 30.9 Å². The molecule has 3 amide bonds. The van der Waals surface area contributed by atoms with E-state index in [9.17, 15) is 24.5 Å². The lowest BCUT2D eigenvalue weighted by Gasteiger charge is -2.16. The highest BCUT2D eigenvalue weighted by molar-refractivity contribution is 8.18. The Labute approximate surface area is 241 Å². The van der Waals surface area contributed by atoms with Crippen LogP contribution in [0.25, 0.3) is 6.08 Å². The Morgan fingerprint density at radius 1 is 1.02 bits per heavy atom. The Kier molecular flexibility index (Phi) is 9.08. The molecule has 10 nitrogen and oxygen atoms in total. The number of nitro groups is 1. The van der Waals surface area contributed by atoms with Crippen LogP contribution in [-0.2, 0) is 16.2 Å². The van der Waals surface area contributed by atoms with Crippen molar-refractivity contribution in [3.63, 3.8) is 0 Å². The van der Waals surface area contributed by atoms with Crippen LogP contribution in [0.1, 0.15) is 34.7 Å². The van der Waals surface area contributed by atoms with Crippen LogP contribution in [0.15, 0.2) is 59.5 Å². The van der Waals surface area contributed by atoms with Gasteiger partial charge in [0.05, 0.1) is 16.4 Å². The summed E-state index contributed by atoms with van der Waals surface area (Å²) in [7, 11) is 0. The van der Waals surface area contributed by atoms with Crippen molar-refractivity contribution in [3.8, 4) is 11.5 Å². The smallest absolute Gasteiger partial charge is 0.294 e. The Morgan fingerprint density at radius 3 is 2.44 bits per heavy atom. The van der Waals surface area contributed by atoms with E-state index in [0.29, 0.717) is 34.9 Å². The zero-order valence-electron chi connectivity index (χ0n) is 23.1. The number of anilines is 1. The molecule has 1 saturated heterocycles. The average Bonchev–Trinajstić information content (AvgIpc) is 3.17. The molecule has 0 unspecified atom stereocenters. The first-order chi connectivity index (χ1) is 19.5. The van der Waals surface area contributed by atoms with E-state index in [4.69, 9.17) is 9.47 Å². The maximum Gasteiger partial charge on any atom is 0.294 e. The first-order valence-electron chi connectivity index (χ1n) is 12.8. The van der Waals surface area contributed by atoms with Crippen LogP contribution >= 0.6 is 11.8 Å². The number of nitro benzene ring substituents is 1. The number of hydrogen-bond donors (Lipinski definition) is 1. The summed E-state index contributed by atoms with van der Waals surface area (Å²) in [6.07, 6.45) is 1.56. The molecule has 0 atom stereocenters. The van der Waals surface area contributed by atoms with Gasteiger partial charge in [0, 0.05) is 17.8 Å². The van der Waals surface area contributed by atoms with Crippen molar-refractivity contribution in [2.75, 3.05) is 18.5 Å². The maximum atomic E-state index is 13.0. The lowest BCUT2D eigenvalue weighted by atomic mass is 10.1. The minimum atomic E-state index is -0.559. The number of nitrogens with one attached hydrogen (secondary N) is 1. The number of aryl methyl sites for hydroxylation is 3. The summed E-state index contributed by atoms with van der Waals surface area (Å²) < 4.78 is 11.6. The van der Waals surface area contributed by atoms with Gasteiger partial charge in [0.25, 0.3) is 16.8 Å². The number of rotatable bonds is 10. The molecule has 41 heavy (non-hydrogen) atoms. The monoisotopic (exact) mass is 575 g/mol. The molecule has 1 aliphatic rings. The van der Waals surface area contributed by atoms with Crippen molar-refractivity contribution < 1.29 is 28.8 Å². The highest BCUT2D eigenvalue weighted by atomic mass is 32.2. The molecule has 11 heteroatoms. The number of carbonyl (C=O) groups excluding carboxylic acids is 3. The van der Waals surface area contributed by atoms with Crippen molar-refractivity contribution in [1.29, 1.82) is 0 Å². The number of benzene rings is 3. The molecule has 1 N–H and O–H groups in total. The summed E-state index contributed by atoms with van der Waals surface area (Å²) in [5.74, 6) is -0.194. The standard InChI is InChI=1S/C30H29N3O7S/c1-5-39-25-14-21(9-10-24(25)40-17-22-7-6-8-23(13-22)33(37)38)15-26-29(35)32(30(36)41-26)16-27(34)31-28-19(3)11-18(2)12-20(28)4/h6-15H,5,16-17H2,1-4H3,(H,31,34)/b26-15+. The Morgan fingerprint density at radius 2 is 1.76 bits per heavy atom. The fraction of sp³-hybridized carbons (Fsp3) is 0.233. The van der Waals surface area contributed by atoms with E-state index in [1.807, 2.05) is 39.8 Å². The van der Waals surface area contributed by atoms with Gasteiger partial charge in [-0.15, -0.1) is 0 Å². The van der Waals surface area contributed by atoms with Gasteiger partial charge in [-0.05, 0) is 79.9 Å². The Balaban J connectivity index is 1.46. The van der Waals surface area contributed by atoms with Gasteiger partial charge < -0.3 is 14.8 Å². The molecule has 1 fully saturated rings. The molecule has 0 spiro atoms. The van der Waals surface area contributed by atoms with Crippen LogP contribution in [0.2, 0.25) is 0 Å². The highest BCUT2D eigenvalue weighted by Crippen LogP contribution is 2.35. The predicted molar refractivity (Wildman–Crippen MR) is 157 cm³/mol. The third-order valence-corrected chi connectivity index (χ3v) is 7.11. The molecule has 0 aliphatic carbocycles. The van der Waals surface area contributed by atoms with Gasteiger partial charge in [-0.3, -0.25) is 29.4 Å². The summed E-state index contributed by atoms with van der Waals surface area (Å²) in [5, 5.41) is 13.3. The second-order valence-corrected chi connectivity index (χ2v) is 10.4. The molecule has 0 saturated carbocycles. The number of imide groups is 1. The van der Waals surface area contributed by atoms with E-state index < -0.39 is 28.5 Å². The lowest BCUT2D eigenvalue weighted by molar-refractivity contribution is -0.384. The van der Waals surface area contributed by atoms with Gasteiger partial charge in [0.15, 0.2) is 11.5 Å². The molecule has 0 aromatic heterocycles. The van der Waals surface area contributed by atoms with Crippen LogP contribution in [0.4, 0.5) is 16.2 Å². The zero-order chi connectivity index (χ0) is 29.7. The minimum Gasteiger partial charge on any atom is -0.490 e. The second-order valence-electron chi connectivity index (χ2n) is 9.44. The van der Waals surface area contributed by atoms with E-state index in [0.717, 1.165) is 33.4 Å². The number of ether oxygens (including phenoxy) is 2. The van der Waals surface area contributed by atoms with Gasteiger partial charge in [-0.25, -0.2) is 0 Å². The molecular formula is C30H29N3O7S. The first-order valence-corrected chi connectivity index (χ1v) is 13.6. The number of nitrogens with zero attached hydrogens (tertiary/aromatic N) is 2. The molecule has 4 rings (SSSR count). The van der Waals surface area contributed by atoms with E-state index in [1.165, 1.54) is 12.1 Å². The molecule has 0 radical (unpaired) electrons. The quantitative estimate of drug-likeness (QED) is 0.173. The lowest BCUT2D eigenvalue weighted by Crippen LogP contribution is -2.36. The van der Waals surface area contributed by atoms with E-state index in [2.05, 4.69) is 5.32 Å². The first kappa shape index (κ1) is 29.3. The highest BCUT2D eigenvalue weighted by Gasteiger charge is 2.36. The average molecular weight is 576 g/mol. The summed E-state index contributed by atoms with van der Waals surface area (Å²) in [5.41, 5.74) is 4.72. The topological polar surface area (TPSA) is 128 Å². The molecule has 1 heterocycles. The van der Waals surface area contributed by atoms with Crippen molar-refractivity contribution >= 4 is 46.3 Å². The van der Waals surface area contributed by atoms with Crippen molar-refractivity contribution in [3.05, 3.63) is 97.4 Å². The number of thioether (sulfide) groups is 1. The van der Waals surface area contributed by atoms with Gasteiger partial charge in [0.2, 0.25) is 5.91 Å². The molecule has 212 valence electrons. The number of hydrogen-bond acceptors (Lipinski definition) is 8. The number of carbonyl (C=O) groups is 3. The number of non-ortho nitro benzene ring substituents is 1. The normalized spacial score (nSPS) is 14.0. The third kappa shape index (κ3) is 7.12. The zero-order valence-corrected chi connectivity index (χ0v) is 23.9. The van der Waals surface area contributed by atoms with E-state index in [-0.39, 0.29) is 17.2 Å². The van der Waals surface area contributed by atoms with E-state index >= 15 is 0 Å². The molecule has 1 aliphatic heterocycles. The maximum absolute atomic E-state index is 13.0. The Bertz CT molecular complexity index is 1540. The molecule has 0 bridgehead atoms. The van der Waals surface area contributed by atoms with E-state index in [1.54, 1.807) is 36.4 Å². The minimum absolute atomic E-state index is 0.0294. The molecular weight excluding hydrogens is 546 g/mol. The SMILES string of the molecule is CCOc1cc(/C=C2/SC(=O)N(CC(=O)Nc3c(C)cc(C)cc3C)C2=O)ccc1OCc1cccc([N+](=O)[O-])c1. The molecule has 3 aromatic rings. The summed E-state index contributed by atoms with van der Waals surface area (Å²) in [4.78, 5) is 50.1. The van der Waals surface area contributed by atoms with Crippen molar-refractivity contribution in [2.45, 2.75) is 34.3 Å². The summed E-state index contributed by atoms with van der Waals surface area (Å²) in [6, 6.07) is 15.1. The summed E-state index contributed by atoms with van der Waals surface area (Å²) >= 11 is 0.759. The Hall–Kier alpha value is -4.64. The van der Waals surface area contributed by atoms with Gasteiger partial charge in [-0.1, -0.05) is 35.9 Å². The predicted octanol–water partition coefficient (Wildman–Crippen LogP) is 6.17. The van der Waals surface area contributed by atoms with Crippen LogP contribution in [-0.4, -0.2) is 40.0 Å². The fourth-order valence-electron chi connectivity index (χ4n) is 4.41. The van der Waals surface area contributed by atoms with Gasteiger partial charge >= 0.3 is 0 Å². The second kappa shape index (κ2) is 12.7. The van der Waals surface area contributed by atoms with Crippen molar-refractivity contribution in [2.24, 2.45) is 0 Å². The fourth-order valence-corrected chi connectivity index (χ4v) is 5.25. The van der Waals surface area contributed by atoms with Crippen LogP contribution < -0.4 is 14.8 Å². The molecule has 3 aromatic carbocycles. The van der Waals surface area contributed by atoms with Gasteiger partial charge in [-0.2, -0.15) is 0 Å². The van der Waals surface area contributed by atoms with Crippen molar-refractivity contribution in [1.82, 2.24) is 4.90 Å². The summed E-state index contributed by atoms with van der Waals surface area (Å²) in [6.45, 7) is 7.59. The van der Waals surface area contributed by atoms with Crippen LogP contribution in [0.5, 0.6) is 11.5 Å². The van der Waals surface area contributed by atoms with Crippen LogP contribution in [0.3, 0.4) is 0 Å². The van der Waals surface area contributed by atoms with Gasteiger partial charge in [0.1, 0.15) is 13.2 Å².